The van der Waals surface area contributed by atoms with Gasteiger partial charge in [-0.25, -0.2) is 9.78 Å². The molecule has 6 nitrogen and oxygen atoms in total. The minimum absolute atomic E-state index is 0.104. The third-order valence-electron chi connectivity index (χ3n) is 4.42. The van der Waals surface area contributed by atoms with Crippen molar-refractivity contribution in [3.8, 4) is 5.88 Å². The summed E-state index contributed by atoms with van der Waals surface area (Å²) in [6.07, 6.45) is 3.02. The zero-order chi connectivity index (χ0) is 14.1. The first-order chi connectivity index (χ1) is 9.67. The van der Waals surface area contributed by atoms with Crippen molar-refractivity contribution in [3.63, 3.8) is 0 Å². The van der Waals surface area contributed by atoms with Gasteiger partial charge in [-0.1, -0.05) is 0 Å². The van der Waals surface area contributed by atoms with Gasteiger partial charge in [0, 0.05) is 37.1 Å². The van der Waals surface area contributed by atoms with Crippen molar-refractivity contribution in [2.24, 2.45) is 11.8 Å². The molecule has 1 amide bonds. The molecule has 2 aliphatic rings. The second kappa shape index (κ2) is 5.19. The van der Waals surface area contributed by atoms with E-state index in [-0.39, 0.29) is 6.04 Å². The van der Waals surface area contributed by atoms with Crippen LogP contribution in [-0.2, 0) is 0 Å². The average molecular weight is 277 g/mol. The minimum Gasteiger partial charge on any atom is -0.481 e. The largest absolute Gasteiger partial charge is 0.481 e. The number of carboxylic acid groups (broad SMARTS) is 1. The van der Waals surface area contributed by atoms with E-state index in [1.807, 2.05) is 12.1 Å². The standard InChI is InChI=1S/C14H19N3O3/c1-20-12-6-11(4-5-15-12)17-7-9-2-3-10(8-17)13(9)16-14(18)19/h4-6,9-10,13,16H,2-3,7-8H2,1H3,(H,18,19). The molecule has 2 heterocycles. The van der Waals surface area contributed by atoms with Crippen LogP contribution in [0.25, 0.3) is 0 Å². The normalized spacial score (nSPS) is 28.2. The Kier molecular flexibility index (Phi) is 3.38. The van der Waals surface area contributed by atoms with E-state index in [2.05, 4.69) is 15.2 Å². The fraction of sp³-hybridized carbons (Fsp3) is 0.571. The molecule has 1 aliphatic heterocycles. The number of pyridine rings is 1. The summed E-state index contributed by atoms with van der Waals surface area (Å²) in [7, 11) is 1.61. The van der Waals surface area contributed by atoms with E-state index in [4.69, 9.17) is 9.84 Å². The molecule has 0 radical (unpaired) electrons. The van der Waals surface area contributed by atoms with E-state index in [0.29, 0.717) is 17.7 Å². The zero-order valence-electron chi connectivity index (χ0n) is 11.5. The number of fused-ring (bicyclic) bond motifs is 2. The second-order valence-corrected chi connectivity index (χ2v) is 5.53. The molecule has 0 spiro atoms. The van der Waals surface area contributed by atoms with E-state index in [9.17, 15) is 4.79 Å². The maximum atomic E-state index is 10.9. The van der Waals surface area contributed by atoms with Gasteiger partial charge in [-0.3, -0.25) is 0 Å². The molecule has 1 saturated carbocycles. The molecule has 2 unspecified atom stereocenters. The summed E-state index contributed by atoms with van der Waals surface area (Å²) in [5, 5.41) is 11.6. The fourth-order valence-corrected chi connectivity index (χ4v) is 3.52. The van der Waals surface area contributed by atoms with Crippen molar-refractivity contribution < 1.29 is 14.6 Å². The quantitative estimate of drug-likeness (QED) is 0.877. The number of hydrogen-bond acceptors (Lipinski definition) is 4. The number of hydrogen-bond donors (Lipinski definition) is 2. The van der Waals surface area contributed by atoms with Crippen LogP contribution in [0, 0.1) is 11.8 Å². The SMILES string of the molecule is COc1cc(N2CC3CCC(C2)C3NC(=O)O)ccn1. The molecular formula is C14H19N3O3. The molecule has 1 aromatic rings. The highest BCUT2D eigenvalue weighted by Crippen LogP contribution is 2.38. The van der Waals surface area contributed by atoms with Gasteiger partial charge in [-0.2, -0.15) is 0 Å². The van der Waals surface area contributed by atoms with Gasteiger partial charge >= 0.3 is 6.09 Å². The molecular weight excluding hydrogens is 258 g/mol. The zero-order valence-corrected chi connectivity index (χ0v) is 11.5. The van der Waals surface area contributed by atoms with Gasteiger partial charge in [0.1, 0.15) is 0 Å². The number of nitrogens with zero attached hydrogens (tertiary/aromatic N) is 2. The summed E-state index contributed by atoms with van der Waals surface area (Å²) in [6, 6.07) is 4.02. The Bertz CT molecular complexity index is 494. The van der Waals surface area contributed by atoms with Gasteiger partial charge in [0.15, 0.2) is 0 Å². The Hall–Kier alpha value is -1.98. The molecule has 20 heavy (non-hydrogen) atoms. The number of nitrogens with one attached hydrogen (secondary N) is 1. The number of amides is 1. The summed E-state index contributed by atoms with van der Waals surface area (Å²) >= 11 is 0. The summed E-state index contributed by atoms with van der Waals surface area (Å²) in [5.41, 5.74) is 1.10. The van der Waals surface area contributed by atoms with Gasteiger partial charge in [0.05, 0.1) is 7.11 Å². The van der Waals surface area contributed by atoms with Crippen LogP contribution >= 0.6 is 0 Å². The number of aromatic nitrogens is 1. The molecule has 2 bridgehead atoms. The van der Waals surface area contributed by atoms with Crippen molar-refractivity contribution in [3.05, 3.63) is 18.3 Å². The summed E-state index contributed by atoms with van der Waals surface area (Å²) in [4.78, 5) is 17.3. The third kappa shape index (κ3) is 2.37. The maximum Gasteiger partial charge on any atom is 0.404 e. The number of carbonyl (C=O) groups is 1. The molecule has 1 aliphatic carbocycles. The van der Waals surface area contributed by atoms with Crippen molar-refractivity contribution in [2.75, 3.05) is 25.1 Å². The number of ether oxygens (including phenoxy) is 1. The topological polar surface area (TPSA) is 74.7 Å². The Morgan fingerprint density at radius 3 is 2.75 bits per heavy atom. The molecule has 0 aromatic carbocycles. The highest BCUT2D eigenvalue weighted by molar-refractivity contribution is 5.65. The lowest BCUT2D eigenvalue weighted by atomic mass is 9.92. The van der Waals surface area contributed by atoms with Gasteiger partial charge in [0.2, 0.25) is 5.88 Å². The lowest BCUT2D eigenvalue weighted by molar-refractivity contribution is 0.178. The van der Waals surface area contributed by atoms with Crippen molar-refractivity contribution >= 4 is 11.8 Å². The Labute approximate surface area is 117 Å². The molecule has 2 fully saturated rings. The Morgan fingerprint density at radius 2 is 2.15 bits per heavy atom. The lowest BCUT2D eigenvalue weighted by Crippen LogP contribution is -2.52. The predicted molar refractivity (Wildman–Crippen MR) is 74.2 cm³/mol. The van der Waals surface area contributed by atoms with Crippen LogP contribution < -0.4 is 15.0 Å². The number of anilines is 1. The van der Waals surface area contributed by atoms with Crippen molar-refractivity contribution in [2.45, 2.75) is 18.9 Å². The van der Waals surface area contributed by atoms with Crippen LogP contribution in [0.5, 0.6) is 5.88 Å². The molecule has 3 rings (SSSR count). The van der Waals surface area contributed by atoms with E-state index in [1.165, 1.54) is 0 Å². The van der Waals surface area contributed by atoms with E-state index >= 15 is 0 Å². The van der Waals surface area contributed by atoms with E-state index in [0.717, 1.165) is 31.6 Å². The van der Waals surface area contributed by atoms with Crippen LogP contribution in [-0.4, -0.2) is 42.4 Å². The molecule has 1 aromatic heterocycles. The molecule has 1 saturated heterocycles. The smallest absolute Gasteiger partial charge is 0.404 e. The fourth-order valence-electron chi connectivity index (χ4n) is 3.52. The van der Waals surface area contributed by atoms with Crippen molar-refractivity contribution in [1.29, 1.82) is 0 Å². The highest BCUT2D eigenvalue weighted by atomic mass is 16.5. The summed E-state index contributed by atoms with van der Waals surface area (Å²) in [6.45, 7) is 1.77. The van der Waals surface area contributed by atoms with Gasteiger partial charge in [-0.15, -0.1) is 0 Å². The lowest BCUT2D eigenvalue weighted by Gasteiger charge is -2.39. The Balaban J connectivity index is 1.74. The van der Waals surface area contributed by atoms with Gasteiger partial charge in [0.25, 0.3) is 0 Å². The first-order valence-electron chi connectivity index (χ1n) is 6.92. The summed E-state index contributed by atoms with van der Waals surface area (Å²) < 4.78 is 5.16. The Morgan fingerprint density at radius 1 is 1.45 bits per heavy atom. The molecule has 6 heteroatoms. The minimum atomic E-state index is -0.911. The van der Waals surface area contributed by atoms with Crippen LogP contribution in [0.15, 0.2) is 18.3 Å². The van der Waals surface area contributed by atoms with Crippen LogP contribution in [0.4, 0.5) is 10.5 Å². The number of methoxy groups -OCH3 is 1. The molecule has 108 valence electrons. The predicted octanol–water partition coefficient (Wildman–Crippen LogP) is 1.57. The number of rotatable bonds is 3. The van der Waals surface area contributed by atoms with E-state index < -0.39 is 6.09 Å². The van der Waals surface area contributed by atoms with Crippen molar-refractivity contribution in [1.82, 2.24) is 10.3 Å². The van der Waals surface area contributed by atoms with Gasteiger partial charge in [-0.05, 0) is 30.7 Å². The van der Waals surface area contributed by atoms with Crippen LogP contribution in [0.2, 0.25) is 0 Å². The third-order valence-corrected chi connectivity index (χ3v) is 4.42. The average Bonchev–Trinajstić information content (AvgIpc) is 2.69. The summed E-state index contributed by atoms with van der Waals surface area (Å²) in [5.74, 6) is 1.40. The first kappa shape index (κ1) is 13.0. The van der Waals surface area contributed by atoms with Gasteiger partial charge < -0.3 is 20.1 Å². The number of piperidine rings is 1. The second-order valence-electron chi connectivity index (χ2n) is 5.53. The van der Waals surface area contributed by atoms with Crippen LogP contribution in [0.3, 0.4) is 0 Å². The maximum absolute atomic E-state index is 10.9. The first-order valence-corrected chi connectivity index (χ1v) is 6.92. The van der Waals surface area contributed by atoms with E-state index in [1.54, 1.807) is 13.3 Å². The van der Waals surface area contributed by atoms with Crippen LogP contribution in [0.1, 0.15) is 12.8 Å². The monoisotopic (exact) mass is 277 g/mol. The molecule has 2 atom stereocenters. The highest BCUT2D eigenvalue weighted by Gasteiger charge is 2.42. The molecule has 2 N–H and O–H groups in total.